The molecule has 0 saturated heterocycles. The first-order chi connectivity index (χ1) is 7.04. The average molecular weight is 226 g/mol. The molecule has 1 N–H and O–H groups in total. The summed E-state index contributed by atoms with van der Waals surface area (Å²) in [5.74, 6) is 1.37. The van der Waals surface area contributed by atoms with E-state index in [4.69, 9.17) is 11.6 Å². The van der Waals surface area contributed by atoms with Gasteiger partial charge in [-0.25, -0.2) is 9.97 Å². The predicted molar refractivity (Wildman–Crippen MR) is 62.0 cm³/mol. The summed E-state index contributed by atoms with van der Waals surface area (Å²) in [7, 11) is 0. The monoisotopic (exact) mass is 225 g/mol. The van der Waals surface area contributed by atoms with Crippen LogP contribution in [0.3, 0.4) is 0 Å². The molecule has 15 heavy (non-hydrogen) atoms. The van der Waals surface area contributed by atoms with Gasteiger partial charge in [0.15, 0.2) is 11.0 Å². The van der Waals surface area contributed by atoms with Gasteiger partial charge in [-0.1, -0.05) is 32.4 Å². The molecule has 1 saturated carbocycles. The second kappa shape index (κ2) is 3.63. The van der Waals surface area contributed by atoms with Crippen molar-refractivity contribution in [3.8, 4) is 0 Å². The maximum absolute atomic E-state index is 5.93. The summed E-state index contributed by atoms with van der Waals surface area (Å²) >= 11 is 5.93. The Bertz CT molecular complexity index is 367. The smallest absolute Gasteiger partial charge is 0.171 e. The lowest BCUT2D eigenvalue weighted by atomic mass is 9.94. The Morgan fingerprint density at radius 3 is 2.67 bits per heavy atom. The van der Waals surface area contributed by atoms with Gasteiger partial charge in [-0.2, -0.15) is 0 Å². The molecule has 0 aromatic carbocycles. The van der Waals surface area contributed by atoms with Gasteiger partial charge in [0, 0.05) is 18.4 Å². The number of rotatable bonds is 3. The van der Waals surface area contributed by atoms with E-state index >= 15 is 0 Å². The summed E-state index contributed by atoms with van der Waals surface area (Å²) in [6.45, 7) is 6.79. The minimum atomic E-state index is 0.376. The summed E-state index contributed by atoms with van der Waals surface area (Å²) in [4.78, 5) is 8.17. The summed E-state index contributed by atoms with van der Waals surface area (Å²) in [6, 6.07) is 0.478. The van der Waals surface area contributed by atoms with E-state index in [2.05, 4.69) is 36.1 Å². The number of hydrogen-bond donors (Lipinski definition) is 1. The van der Waals surface area contributed by atoms with Gasteiger partial charge in [-0.15, -0.1) is 0 Å². The van der Waals surface area contributed by atoms with Gasteiger partial charge < -0.3 is 5.32 Å². The molecule has 2 rings (SSSR count). The first-order valence-corrected chi connectivity index (χ1v) is 5.65. The van der Waals surface area contributed by atoms with Crippen LogP contribution in [0, 0.1) is 11.3 Å². The van der Waals surface area contributed by atoms with E-state index in [9.17, 15) is 0 Å². The first kappa shape index (κ1) is 10.7. The number of anilines is 1. The van der Waals surface area contributed by atoms with Crippen molar-refractivity contribution >= 4 is 17.4 Å². The molecule has 1 aliphatic carbocycles. The van der Waals surface area contributed by atoms with Crippen LogP contribution < -0.4 is 5.32 Å². The largest absolute Gasteiger partial charge is 0.364 e. The lowest BCUT2D eigenvalue weighted by Gasteiger charge is -2.16. The van der Waals surface area contributed by atoms with Crippen molar-refractivity contribution in [3.63, 3.8) is 0 Å². The molecular formula is C11H16ClN3. The fourth-order valence-electron chi connectivity index (χ4n) is 1.82. The van der Waals surface area contributed by atoms with Crippen molar-refractivity contribution in [2.45, 2.75) is 33.2 Å². The van der Waals surface area contributed by atoms with E-state index < -0.39 is 0 Å². The minimum absolute atomic E-state index is 0.376. The van der Waals surface area contributed by atoms with Crippen molar-refractivity contribution in [3.05, 3.63) is 17.5 Å². The quantitative estimate of drug-likeness (QED) is 0.860. The zero-order valence-corrected chi connectivity index (χ0v) is 10.0. The van der Waals surface area contributed by atoms with Crippen LogP contribution in [0.2, 0.25) is 5.15 Å². The molecule has 1 fully saturated rings. The van der Waals surface area contributed by atoms with Crippen molar-refractivity contribution < 1.29 is 0 Å². The highest BCUT2D eigenvalue weighted by Gasteiger charge is 2.52. The molecule has 2 unspecified atom stereocenters. The molecule has 0 aliphatic heterocycles. The molecule has 3 nitrogen and oxygen atoms in total. The minimum Gasteiger partial charge on any atom is -0.364 e. The van der Waals surface area contributed by atoms with Crippen LogP contribution in [0.1, 0.15) is 27.2 Å². The van der Waals surface area contributed by atoms with Gasteiger partial charge in [0.2, 0.25) is 0 Å². The Morgan fingerprint density at radius 2 is 2.13 bits per heavy atom. The third-order valence-corrected chi connectivity index (χ3v) is 3.84. The van der Waals surface area contributed by atoms with Gasteiger partial charge in [0.25, 0.3) is 0 Å². The van der Waals surface area contributed by atoms with Crippen LogP contribution in [0.25, 0.3) is 0 Å². The lowest BCUT2D eigenvalue weighted by Crippen LogP contribution is -2.17. The Kier molecular flexibility index (Phi) is 2.59. The molecule has 0 spiro atoms. The van der Waals surface area contributed by atoms with Crippen LogP contribution in [-0.4, -0.2) is 16.0 Å². The first-order valence-electron chi connectivity index (χ1n) is 5.27. The number of aromatic nitrogens is 2. The van der Waals surface area contributed by atoms with Gasteiger partial charge in [-0.05, 0) is 17.8 Å². The molecule has 1 aromatic rings. The van der Waals surface area contributed by atoms with E-state index in [1.165, 1.54) is 6.42 Å². The zero-order valence-electron chi connectivity index (χ0n) is 9.29. The highest BCUT2D eigenvalue weighted by atomic mass is 35.5. The van der Waals surface area contributed by atoms with Gasteiger partial charge in [0.1, 0.15) is 0 Å². The summed E-state index contributed by atoms with van der Waals surface area (Å²) in [5.41, 5.74) is 0.376. The third kappa shape index (κ3) is 1.93. The fraction of sp³-hybridized carbons (Fsp3) is 0.636. The molecule has 1 aromatic heterocycles. The summed E-state index contributed by atoms with van der Waals surface area (Å²) in [5, 5.41) is 3.80. The van der Waals surface area contributed by atoms with Gasteiger partial charge in [0.05, 0.1) is 0 Å². The molecule has 1 heterocycles. The second-order valence-electron chi connectivity index (χ2n) is 4.76. The molecule has 0 amide bonds. The molecule has 82 valence electrons. The molecular weight excluding hydrogens is 210 g/mol. The number of halogens is 1. The lowest BCUT2D eigenvalue weighted by molar-refractivity contribution is 0.387. The summed E-state index contributed by atoms with van der Waals surface area (Å²) < 4.78 is 0. The summed E-state index contributed by atoms with van der Waals surface area (Å²) in [6.07, 6.45) is 4.43. The van der Waals surface area contributed by atoms with E-state index in [0.29, 0.717) is 28.3 Å². The Hall–Kier alpha value is -0.830. The molecule has 1 aliphatic rings. The Morgan fingerprint density at radius 1 is 1.47 bits per heavy atom. The van der Waals surface area contributed by atoms with E-state index in [1.54, 1.807) is 12.4 Å². The van der Waals surface area contributed by atoms with Crippen LogP contribution in [0.4, 0.5) is 5.82 Å². The highest BCUT2D eigenvalue weighted by Crippen LogP contribution is 2.52. The van der Waals surface area contributed by atoms with Crippen molar-refractivity contribution in [2.24, 2.45) is 11.3 Å². The van der Waals surface area contributed by atoms with Crippen LogP contribution >= 0.6 is 11.6 Å². The van der Waals surface area contributed by atoms with Gasteiger partial charge in [-0.3, -0.25) is 0 Å². The third-order valence-electron chi connectivity index (χ3n) is 3.56. The Labute approximate surface area is 95.3 Å². The van der Waals surface area contributed by atoms with Gasteiger partial charge >= 0.3 is 0 Å². The number of nitrogens with zero attached hydrogens (tertiary/aromatic N) is 2. The topological polar surface area (TPSA) is 37.8 Å². The van der Waals surface area contributed by atoms with Crippen LogP contribution in [0.5, 0.6) is 0 Å². The number of hydrogen-bond acceptors (Lipinski definition) is 3. The highest BCUT2D eigenvalue weighted by molar-refractivity contribution is 6.31. The second-order valence-corrected chi connectivity index (χ2v) is 5.12. The molecule has 2 atom stereocenters. The normalized spacial score (nSPS) is 29.3. The predicted octanol–water partition coefficient (Wildman–Crippen LogP) is 2.98. The van der Waals surface area contributed by atoms with Crippen molar-refractivity contribution in [2.75, 3.05) is 5.32 Å². The maximum Gasteiger partial charge on any atom is 0.171 e. The molecule has 0 bridgehead atoms. The zero-order chi connectivity index (χ0) is 11.1. The maximum atomic E-state index is 5.93. The average Bonchev–Trinajstić information content (AvgIpc) is 2.83. The van der Waals surface area contributed by atoms with Crippen molar-refractivity contribution in [1.82, 2.24) is 9.97 Å². The standard InChI is InChI=1S/C11H16ClN3/c1-7(2)11(3)6-8(11)15-10-9(12)13-4-5-14-10/h4-5,7-8H,6H2,1-3H3,(H,14,15). The van der Waals surface area contributed by atoms with Crippen LogP contribution in [-0.2, 0) is 0 Å². The fourth-order valence-corrected chi connectivity index (χ4v) is 1.98. The van der Waals surface area contributed by atoms with E-state index in [0.717, 1.165) is 0 Å². The Balaban J connectivity index is 2.04. The van der Waals surface area contributed by atoms with E-state index in [-0.39, 0.29) is 0 Å². The van der Waals surface area contributed by atoms with E-state index in [1.807, 2.05) is 0 Å². The van der Waals surface area contributed by atoms with Crippen LogP contribution in [0.15, 0.2) is 12.4 Å². The van der Waals surface area contributed by atoms with Crippen molar-refractivity contribution in [1.29, 1.82) is 0 Å². The SMILES string of the molecule is CC(C)C1(C)CC1Nc1nccnc1Cl. The molecule has 4 heteroatoms. The molecule has 0 radical (unpaired) electrons. The number of nitrogens with one attached hydrogen (secondary N) is 1.